The summed E-state index contributed by atoms with van der Waals surface area (Å²) in [5.74, 6) is 0.431. The Morgan fingerprint density at radius 2 is 1.84 bits per heavy atom. The van der Waals surface area contributed by atoms with Gasteiger partial charge in [0.15, 0.2) is 0 Å². The quantitative estimate of drug-likeness (QED) is 0.767. The van der Waals surface area contributed by atoms with Gasteiger partial charge in [-0.1, -0.05) is 25.7 Å². The average molecular weight is 277 g/mol. The zero-order valence-corrected chi connectivity index (χ0v) is 11.9. The zero-order valence-electron chi connectivity index (χ0n) is 11.1. The summed E-state index contributed by atoms with van der Waals surface area (Å²) >= 11 is 1.72. The predicted molar refractivity (Wildman–Crippen MR) is 79.9 cm³/mol. The van der Waals surface area contributed by atoms with E-state index in [0.717, 1.165) is 10.1 Å². The average Bonchev–Trinajstić information content (AvgIpc) is 2.64. The van der Waals surface area contributed by atoms with E-state index >= 15 is 0 Å². The zero-order chi connectivity index (χ0) is 13.2. The molecule has 2 aromatic rings. The van der Waals surface area contributed by atoms with Gasteiger partial charge in [-0.05, 0) is 48.4 Å². The van der Waals surface area contributed by atoms with E-state index in [1.165, 1.54) is 49.5 Å². The molecule has 1 unspecified atom stereocenters. The molecule has 3 heteroatoms. The van der Waals surface area contributed by atoms with Crippen molar-refractivity contribution in [3.8, 4) is 0 Å². The molecule has 1 aliphatic carbocycles. The summed E-state index contributed by atoms with van der Waals surface area (Å²) in [6.45, 7) is 0. The van der Waals surface area contributed by atoms with Gasteiger partial charge in [-0.25, -0.2) is 4.39 Å². The topological polar surface area (TPSA) is 26.0 Å². The van der Waals surface area contributed by atoms with Crippen LogP contribution in [0.4, 0.5) is 4.39 Å². The van der Waals surface area contributed by atoms with Gasteiger partial charge in [-0.15, -0.1) is 11.3 Å². The van der Waals surface area contributed by atoms with Crippen molar-refractivity contribution in [3.63, 3.8) is 0 Å². The summed E-state index contributed by atoms with van der Waals surface area (Å²) in [6.07, 6.45) is 7.78. The Kier molecular flexibility index (Phi) is 3.85. The van der Waals surface area contributed by atoms with Crippen molar-refractivity contribution in [1.29, 1.82) is 0 Å². The minimum Gasteiger partial charge on any atom is -0.323 e. The largest absolute Gasteiger partial charge is 0.323 e. The molecule has 0 spiro atoms. The second-order valence-corrected chi connectivity index (χ2v) is 6.72. The van der Waals surface area contributed by atoms with Gasteiger partial charge in [0.2, 0.25) is 0 Å². The number of hydrogen-bond acceptors (Lipinski definition) is 2. The molecule has 1 saturated carbocycles. The molecule has 1 heterocycles. The fourth-order valence-electron chi connectivity index (χ4n) is 3.10. The minimum absolute atomic E-state index is 0.124. The summed E-state index contributed by atoms with van der Waals surface area (Å²) in [6, 6.07) is 7.20. The lowest BCUT2D eigenvalue weighted by Gasteiger charge is -2.21. The van der Waals surface area contributed by atoms with E-state index in [-0.39, 0.29) is 11.9 Å². The molecular weight excluding hydrogens is 257 g/mol. The Labute approximate surface area is 117 Å². The summed E-state index contributed by atoms with van der Waals surface area (Å²) in [4.78, 5) is 1.22. The van der Waals surface area contributed by atoms with E-state index in [9.17, 15) is 4.39 Å². The molecule has 1 fully saturated rings. The molecule has 0 radical (unpaired) electrons. The van der Waals surface area contributed by atoms with Crippen LogP contribution in [-0.2, 0) is 0 Å². The van der Waals surface area contributed by atoms with E-state index in [2.05, 4.69) is 6.07 Å². The highest BCUT2D eigenvalue weighted by Gasteiger charge is 2.22. The molecule has 1 atom stereocenters. The van der Waals surface area contributed by atoms with Crippen molar-refractivity contribution >= 4 is 21.4 Å². The highest BCUT2D eigenvalue weighted by Crippen LogP contribution is 2.37. The van der Waals surface area contributed by atoms with Crippen LogP contribution in [0.15, 0.2) is 24.3 Å². The summed E-state index contributed by atoms with van der Waals surface area (Å²) in [5, 5.41) is 0.990. The van der Waals surface area contributed by atoms with Crippen LogP contribution < -0.4 is 5.73 Å². The number of nitrogens with two attached hydrogens (primary N) is 1. The van der Waals surface area contributed by atoms with Crippen LogP contribution in [0.5, 0.6) is 0 Å². The first kappa shape index (κ1) is 13.1. The monoisotopic (exact) mass is 277 g/mol. The summed E-state index contributed by atoms with van der Waals surface area (Å²) < 4.78 is 14.4. The molecule has 102 valence electrons. The molecule has 1 aromatic heterocycles. The normalized spacial score (nSPS) is 19.5. The SMILES string of the molecule is NC(c1cc2cc(F)ccc2s1)C1CCCCCC1. The number of hydrogen-bond donors (Lipinski definition) is 1. The molecule has 0 aliphatic heterocycles. The second kappa shape index (κ2) is 5.59. The standard InChI is InChI=1S/C16H20FNS/c17-13-7-8-14-12(9-13)10-15(19-14)16(18)11-5-3-1-2-4-6-11/h7-11,16H,1-6,18H2. The van der Waals surface area contributed by atoms with E-state index in [1.807, 2.05) is 6.07 Å². The van der Waals surface area contributed by atoms with Crippen LogP contribution >= 0.6 is 11.3 Å². The van der Waals surface area contributed by atoms with Crippen molar-refractivity contribution in [2.24, 2.45) is 11.7 Å². The lowest BCUT2D eigenvalue weighted by Crippen LogP contribution is -2.19. The Balaban J connectivity index is 1.85. The maximum absolute atomic E-state index is 13.2. The molecule has 1 aliphatic rings. The molecule has 0 amide bonds. The van der Waals surface area contributed by atoms with Gasteiger partial charge in [0.25, 0.3) is 0 Å². The highest BCUT2D eigenvalue weighted by molar-refractivity contribution is 7.19. The number of benzene rings is 1. The van der Waals surface area contributed by atoms with Crippen LogP contribution in [-0.4, -0.2) is 0 Å². The van der Waals surface area contributed by atoms with E-state index < -0.39 is 0 Å². The molecule has 1 nitrogen and oxygen atoms in total. The van der Waals surface area contributed by atoms with Crippen molar-refractivity contribution < 1.29 is 4.39 Å². The number of halogens is 1. The Hall–Kier alpha value is -0.930. The van der Waals surface area contributed by atoms with E-state index in [1.54, 1.807) is 17.4 Å². The van der Waals surface area contributed by atoms with Gasteiger partial charge in [0.05, 0.1) is 0 Å². The summed E-state index contributed by atoms with van der Waals surface area (Å²) in [5.41, 5.74) is 6.46. The fourth-order valence-corrected chi connectivity index (χ4v) is 4.24. The molecule has 0 bridgehead atoms. The Bertz CT molecular complexity index is 555. The van der Waals surface area contributed by atoms with Gasteiger partial charge in [0.1, 0.15) is 5.82 Å². The smallest absolute Gasteiger partial charge is 0.123 e. The fraction of sp³-hybridized carbons (Fsp3) is 0.500. The lowest BCUT2D eigenvalue weighted by atomic mass is 9.91. The third-order valence-corrected chi connectivity index (χ3v) is 5.45. The van der Waals surface area contributed by atoms with Crippen LogP contribution in [0.2, 0.25) is 0 Å². The van der Waals surface area contributed by atoms with Crippen LogP contribution in [0.1, 0.15) is 49.4 Å². The highest BCUT2D eigenvalue weighted by atomic mass is 32.1. The van der Waals surface area contributed by atoms with Crippen molar-refractivity contribution in [3.05, 3.63) is 35.0 Å². The molecule has 1 aromatic carbocycles. The molecule has 3 rings (SSSR count). The molecule has 19 heavy (non-hydrogen) atoms. The van der Waals surface area contributed by atoms with E-state index in [0.29, 0.717) is 5.92 Å². The van der Waals surface area contributed by atoms with Gasteiger partial charge < -0.3 is 5.73 Å². The van der Waals surface area contributed by atoms with Crippen molar-refractivity contribution in [1.82, 2.24) is 0 Å². The van der Waals surface area contributed by atoms with Crippen molar-refractivity contribution in [2.45, 2.75) is 44.6 Å². The van der Waals surface area contributed by atoms with Crippen LogP contribution in [0.25, 0.3) is 10.1 Å². The number of thiophene rings is 1. The van der Waals surface area contributed by atoms with Gasteiger partial charge in [-0.3, -0.25) is 0 Å². The number of fused-ring (bicyclic) bond motifs is 1. The summed E-state index contributed by atoms with van der Waals surface area (Å²) in [7, 11) is 0. The predicted octanol–water partition coefficient (Wildman–Crippen LogP) is 5.01. The first-order valence-corrected chi connectivity index (χ1v) is 8.00. The van der Waals surface area contributed by atoms with Crippen LogP contribution in [0, 0.1) is 11.7 Å². The van der Waals surface area contributed by atoms with Gasteiger partial charge >= 0.3 is 0 Å². The minimum atomic E-state index is -0.167. The van der Waals surface area contributed by atoms with Crippen molar-refractivity contribution in [2.75, 3.05) is 0 Å². The number of rotatable bonds is 2. The third kappa shape index (κ3) is 2.82. The van der Waals surface area contributed by atoms with Crippen LogP contribution in [0.3, 0.4) is 0 Å². The molecule has 0 saturated heterocycles. The Morgan fingerprint density at radius 1 is 1.11 bits per heavy atom. The first-order chi connectivity index (χ1) is 9.24. The first-order valence-electron chi connectivity index (χ1n) is 7.18. The lowest BCUT2D eigenvalue weighted by molar-refractivity contribution is 0.386. The third-order valence-electron chi connectivity index (χ3n) is 4.23. The Morgan fingerprint density at radius 3 is 2.58 bits per heavy atom. The maximum atomic E-state index is 13.2. The molecule has 2 N–H and O–H groups in total. The van der Waals surface area contributed by atoms with E-state index in [4.69, 9.17) is 5.73 Å². The maximum Gasteiger partial charge on any atom is 0.123 e. The second-order valence-electron chi connectivity index (χ2n) is 5.61. The van der Waals surface area contributed by atoms with Gasteiger partial charge in [-0.2, -0.15) is 0 Å². The van der Waals surface area contributed by atoms with Gasteiger partial charge in [0, 0.05) is 15.6 Å². The molecular formula is C16H20FNS.